The zero-order valence-electron chi connectivity index (χ0n) is 13.8. The molecule has 0 bridgehead atoms. The maximum Gasteiger partial charge on any atom is 0.293 e. The lowest BCUT2D eigenvalue weighted by Gasteiger charge is -2.14. The first kappa shape index (κ1) is 16.6. The predicted octanol–water partition coefficient (Wildman–Crippen LogP) is 2.41. The van der Waals surface area contributed by atoms with E-state index in [4.69, 9.17) is 9.47 Å². The van der Waals surface area contributed by atoms with Crippen LogP contribution in [-0.4, -0.2) is 31.0 Å². The Labute approximate surface area is 144 Å². The van der Waals surface area contributed by atoms with Crippen molar-refractivity contribution in [3.05, 3.63) is 65.2 Å². The number of rotatable bonds is 4. The largest absolute Gasteiger partial charge is 0.507 e. The van der Waals surface area contributed by atoms with E-state index in [1.54, 1.807) is 42.5 Å². The van der Waals surface area contributed by atoms with Crippen LogP contribution in [0.1, 0.15) is 17.2 Å². The predicted molar refractivity (Wildman–Crippen MR) is 91.4 cm³/mol. The zero-order chi connectivity index (χ0) is 18.0. The van der Waals surface area contributed by atoms with E-state index in [0.717, 1.165) is 0 Å². The van der Waals surface area contributed by atoms with Gasteiger partial charge in [0.1, 0.15) is 5.76 Å². The first-order chi connectivity index (χ1) is 12.1. The van der Waals surface area contributed by atoms with Gasteiger partial charge >= 0.3 is 0 Å². The summed E-state index contributed by atoms with van der Waals surface area (Å²) in [5.41, 5.74) is 1.09. The molecule has 0 aromatic heterocycles. The second-order valence-electron chi connectivity index (χ2n) is 5.48. The van der Waals surface area contributed by atoms with Crippen molar-refractivity contribution in [1.29, 1.82) is 0 Å². The van der Waals surface area contributed by atoms with Crippen LogP contribution in [0.15, 0.2) is 54.1 Å². The van der Waals surface area contributed by atoms with Gasteiger partial charge in [-0.15, -0.1) is 0 Å². The minimum absolute atomic E-state index is 0.0171. The van der Waals surface area contributed by atoms with Crippen molar-refractivity contribution >= 4 is 17.4 Å². The zero-order valence-corrected chi connectivity index (χ0v) is 13.8. The molecule has 0 saturated carbocycles. The number of methoxy groups -OCH3 is 2. The Balaban J connectivity index is 2.12. The number of Topliss-reactive ketones (excluding diaryl/α,β-unsaturated/α-hetero) is 1. The molecule has 1 fully saturated rings. The third kappa shape index (κ3) is 2.94. The second kappa shape index (κ2) is 6.68. The van der Waals surface area contributed by atoms with Crippen molar-refractivity contribution in [2.45, 2.75) is 6.04 Å². The van der Waals surface area contributed by atoms with E-state index < -0.39 is 17.7 Å². The highest BCUT2D eigenvalue weighted by Crippen LogP contribution is 2.35. The van der Waals surface area contributed by atoms with E-state index >= 15 is 0 Å². The molecule has 0 spiro atoms. The summed E-state index contributed by atoms with van der Waals surface area (Å²) in [6.45, 7) is 0. The smallest absolute Gasteiger partial charge is 0.293 e. The monoisotopic (exact) mass is 339 g/mol. The number of amides is 1. The molecule has 0 aliphatic carbocycles. The summed E-state index contributed by atoms with van der Waals surface area (Å²) in [4.78, 5) is 24.2. The Morgan fingerprint density at radius 1 is 1.00 bits per heavy atom. The van der Waals surface area contributed by atoms with Crippen LogP contribution in [0.5, 0.6) is 11.5 Å². The first-order valence-corrected chi connectivity index (χ1v) is 7.62. The van der Waals surface area contributed by atoms with Crippen molar-refractivity contribution in [1.82, 2.24) is 5.32 Å². The van der Waals surface area contributed by atoms with Crippen molar-refractivity contribution in [3.8, 4) is 11.5 Å². The van der Waals surface area contributed by atoms with Gasteiger partial charge in [0.05, 0.1) is 25.8 Å². The quantitative estimate of drug-likeness (QED) is 0.508. The summed E-state index contributed by atoms with van der Waals surface area (Å²) in [6.07, 6.45) is 0. The van der Waals surface area contributed by atoms with Gasteiger partial charge in [-0.25, -0.2) is 0 Å². The standard InChI is InChI=1S/C19H17NO5/c1-24-13-9-8-12(10-14(13)25-2)17(21)15-16(20-19(23)18(15)22)11-6-4-3-5-7-11/h3-10,16,21H,1-2H3,(H,20,23)/b17-15-. The van der Waals surface area contributed by atoms with Crippen LogP contribution in [0.2, 0.25) is 0 Å². The molecular weight excluding hydrogens is 322 g/mol. The van der Waals surface area contributed by atoms with Gasteiger partial charge in [0.25, 0.3) is 11.7 Å². The lowest BCUT2D eigenvalue weighted by molar-refractivity contribution is -0.133. The molecular formula is C19H17NO5. The summed E-state index contributed by atoms with van der Waals surface area (Å²) < 4.78 is 10.4. The van der Waals surface area contributed by atoms with Crippen LogP contribution in [0.3, 0.4) is 0 Å². The SMILES string of the molecule is COc1ccc(/C(O)=C2/C(=O)C(=O)NC2c2ccccc2)cc1OC. The molecule has 1 aliphatic rings. The van der Waals surface area contributed by atoms with Gasteiger partial charge in [-0.2, -0.15) is 0 Å². The Kier molecular flexibility index (Phi) is 4.43. The highest BCUT2D eigenvalue weighted by molar-refractivity contribution is 6.46. The Morgan fingerprint density at radius 2 is 1.68 bits per heavy atom. The fourth-order valence-electron chi connectivity index (χ4n) is 2.80. The molecule has 2 aromatic carbocycles. The van der Waals surface area contributed by atoms with Gasteiger partial charge in [0.2, 0.25) is 0 Å². The minimum Gasteiger partial charge on any atom is -0.507 e. The van der Waals surface area contributed by atoms with Crippen LogP contribution < -0.4 is 14.8 Å². The van der Waals surface area contributed by atoms with Crippen LogP contribution in [0, 0.1) is 0 Å². The van der Waals surface area contributed by atoms with Gasteiger partial charge in [-0.3, -0.25) is 9.59 Å². The summed E-state index contributed by atoms with van der Waals surface area (Å²) in [5, 5.41) is 13.3. The van der Waals surface area contributed by atoms with Gasteiger partial charge in [-0.05, 0) is 23.8 Å². The van der Waals surface area contributed by atoms with Crippen LogP contribution in [-0.2, 0) is 9.59 Å². The normalized spacial score (nSPS) is 18.7. The molecule has 1 saturated heterocycles. The molecule has 6 heteroatoms. The minimum atomic E-state index is -0.749. The van der Waals surface area contributed by atoms with E-state index in [2.05, 4.69) is 5.32 Å². The number of carbonyl (C=O) groups is 2. The van der Waals surface area contributed by atoms with Gasteiger partial charge in [-0.1, -0.05) is 30.3 Å². The molecule has 128 valence electrons. The number of nitrogens with one attached hydrogen (secondary N) is 1. The highest BCUT2D eigenvalue weighted by Gasteiger charge is 2.39. The topological polar surface area (TPSA) is 84.9 Å². The average molecular weight is 339 g/mol. The Morgan fingerprint density at radius 3 is 2.32 bits per heavy atom. The summed E-state index contributed by atoms with van der Waals surface area (Å²) in [7, 11) is 2.98. The molecule has 3 rings (SSSR count). The molecule has 25 heavy (non-hydrogen) atoms. The number of hydrogen-bond donors (Lipinski definition) is 2. The van der Waals surface area contributed by atoms with E-state index in [-0.39, 0.29) is 11.3 Å². The maximum absolute atomic E-state index is 12.3. The van der Waals surface area contributed by atoms with Gasteiger partial charge < -0.3 is 19.9 Å². The van der Waals surface area contributed by atoms with Gasteiger partial charge in [0.15, 0.2) is 11.5 Å². The number of hydrogen-bond acceptors (Lipinski definition) is 5. The number of aliphatic hydroxyl groups excluding tert-OH is 1. The molecule has 1 aliphatic heterocycles. The number of carbonyl (C=O) groups excluding carboxylic acids is 2. The molecule has 0 radical (unpaired) electrons. The van der Waals surface area contributed by atoms with Crippen LogP contribution in [0.4, 0.5) is 0 Å². The summed E-state index contributed by atoms with van der Waals surface area (Å²) >= 11 is 0. The molecule has 6 nitrogen and oxygen atoms in total. The summed E-state index contributed by atoms with van der Waals surface area (Å²) in [6, 6.07) is 13.1. The average Bonchev–Trinajstić information content (AvgIpc) is 2.96. The Bertz CT molecular complexity index is 857. The van der Waals surface area contributed by atoms with E-state index in [1.807, 2.05) is 6.07 Å². The van der Waals surface area contributed by atoms with Crippen molar-refractivity contribution in [3.63, 3.8) is 0 Å². The highest BCUT2D eigenvalue weighted by atomic mass is 16.5. The van der Waals surface area contributed by atoms with Crippen LogP contribution in [0.25, 0.3) is 5.76 Å². The molecule has 1 heterocycles. The maximum atomic E-state index is 12.3. The lowest BCUT2D eigenvalue weighted by Crippen LogP contribution is -2.21. The Hall–Kier alpha value is -3.28. The van der Waals surface area contributed by atoms with E-state index in [0.29, 0.717) is 22.6 Å². The number of aliphatic hydroxyl groups is 1. The van der Waals surface area contributed by atoms with E-state index in [9.17, 15) is 14.7 Å². The third-order valence-corrected chi connectivity index (χ3v) is 4.06. The fraction of sp³-hybridized carbons (Fsp3) is 0.158. The molecule has 1 atom stereocenters. The molecule has 1 amide bonds. The lowest BCUT2D eigenvalue weighted by atomic mass is 9.96. The molecule has 2 N–H and O–H groups in total. The van der Waals surface area contributed by atoms with Crippen LogP contribution >= 0.6 is 0 Å². The number of ether oxygens (including phenoxy) is 2. The molecule has 1 unspecified atom stereocenters. The first-order valence-electron chi connectivity index (χ1n) is 7.62. The molecule has 2 aromatic rings. The van der Waals surface area contributed by atoms with Crippen molar-refractivity contribution in [2.75, 3.05) is 14.2 Å². The number of benzene rings is 2. The third-order valence-electron chi connectivity index (χ3n) is 4.06. The summed E-state index contributed by atoms with van der Waals surface area (Å²) in [5.74, 6) is -0.848. The number of ketones is 1. The van der Waals surface area contributed by atoms with Crippen molar-refractivity contribution < 1.29 is 24.2 Å². The van der Waals surface area contributed by atoms with Gasteiger partial charge in [0, 0.05) is 5.56 Å². The second-order valence-corrected chi connectivity index (χ2v) is 5.48. The fourth-order valence-corrected chi connectivity index (χ4v) is 2.80. The van der Waals surface area contributed by atoms with E-state index in [1.165, 1.54) is 14.2 Å². The van der Waals surface area contributed by atoms with Crippen molar-refractivity contribution in [2.24, 2.45) is 0 Å².